The summed E-state index contributed by atoms with van der Waals surface area (Å²) in [6.45, 7) is 1.73. The third kappa shape index (κ3) is 3.06. The van der Waals surface area contributed by atoms with Crippen molar-refractivity contribution >= 4 is 45.4 Å². The molecule has 3 aliphatic carbocycles. The summed E-state index contributed by atoms with van der Waals surface area (Å²) >= 11 is 3.18. The topological polar surface area (TPSA) is 118 Å². The monoisotopic (exact) mass is 525 g/mol. The van der Waals surface area contributed by atoms with Crippen LogP contribution in [0.15, 0.2) is 51.6 Å². The van der Waals surface area contributed by atoms with E-state index in [-0.39, 0.29) is 34.6 Å². The number of phenolic OH excluding ortho intramolecular Hbond substituents is 1. The number of rotatable bonds is 1. The Morgan fingerprint density at radius 2 is 1.88 bits per heavy atom. The van der Waals surface area contributed by atoms with Crippen molar-refractivity contribution in [3.05, 3.63) is 62.7 Å². The Labute approximate surface area is 203 Å². The van der Waals surface area contributed by atoms with E-state index in [1.807, 2.05) is 6.08 Å². The first kappa shape index (κ1) is 22.5. The summed E-state index contributed by atoms with van der Waals surface area (Å²) in [4.78, 5) is 65.1. The first-order valence-corrected chi connectivity index (χ1v) is 11.6. The maximum atomic E-state index is 13.3. The van der Waals surface area contributed by atoms with Crippen LogP contribution < -0.4 is 0 Å². The van der Waals surface area contributed by atoms with Crippen molar-refractivity contribution in [1.29, 1.82) is 0 Å². The number of carbonyl (C=O) groups is 5. The molecule has 0 aromatic heterocycles. The van der Waals surface area contributed by atoms with E-state index in [0.29, 0.717) is 27.2 Å². The maximum Gasteiger partial charge on any atom is 0.423 e. The van der Waals surface area contributed by atoms with E-state index in [9.17, 15) is 29.1 Å². The average molecular weight is 526 g/mol. The Morgan fingerprint density at radius 3 is 2.56 bits per heavy atom. The van der Waals surface area contributed by atoms with E-state index >= 15 is 0 Å². The molecule has 1 fully saturated rings. The molecule has 0 unspecified atom stereocenters. The van der Waals surface area contributed by atoms with Crippen LogP contribution in [0, 0.1) is 24.7 Å². The number of amides is 3. The van der Waals surface area contributed by atoms with Gasteiger partial charge in [-0.2, -0.15) is 4.90 Å². The summed E-state index contributed by atoms with van der Waals surface area (Å²) in [5.74, 6) is -4.53. The summed E-state index contributed by atoms with van der Waals surface area (Å²) in [5, 5.41) is 10.0. The number of benzene rings is 1. The number of nitrogens with zero attached hydrogens (tertiary/aromatic N) is 1. The predicted octanol–water partition coefficient (Wildman–Crippen LogP) is 3.23. The molecule has 1 N–H and O–H groups in total. The van der Waals surface area contributed by atoms with E-state index in [1.165, 1.54) is 12.1 Å². The van der Waals surface area contributed by atoms with Crippen LogP contribution in [-0.2, 0) is 23.9 Å². The second kappa shape index (κ2) is 7.87. The first-order chi connectivity index (χ1) is 16.1. The highest BCUT2D eigenvalue weighted by Crippen LogP contribution is 2.55. The van der Waals surface area contributed by atoms with Crippen LogP contribution in [-0.4, -0.2) is 46.6 Å². The third-order valence-corrected chi connectivity index (χ3v) is 7.83. The van der Waals surface area contributed by atoms with Crippen molar-refractivity contribution in [2.75, 3.05) is 7.11 Å². The quantitative estimate of drug-likeness (QED) is 0.339. The van der Waals surface area contributed by atoms with Crippen molar-refractivity contribution < 1.29 is 33.8 Å². The van der Waals surface area contributed by atoms with Crippen LogP contribution in [0.1, 0.15) is 29.9 Å². The lowest BCUT2D eigenvalue weighted by Gasteiger charge is -2.42. The summed E-state index contributed by atoms with van der Waals surface area (Å²) in [6, 6.07) is 4.98. The van der Waals surface area contributed by atoms with E-state index in [2.05, 4.69) is 20.7 Å². The molecular formula is C25H20BrNO7. The van der Waals surface area contributed by atoms with Gasteiger partial charge in [-0.3, -0.25) is 19.2 Å². The molecular weight excluding hydrogens is 506 g/mol. The van der Waals surface area contributed by atoms with Gasteiger partial charge >= 0.3 is 6.09 Å². The SMILES string of the molecule is COC(=O)N1C(=O)[C@H]2[C@H](CC=C3[C@H](c4ccc(O)c(C)c4)C4=C(C[C@H]32)C(=O)C(Br)=CC4=O)C1=O. The number of Topliss-reactive ketones (excluding diaryl/α,β-unsaturated/α-hetero) is 1. The second-order valence-electron chi connectivity index (χ2n) is 8.92. The van der Waals surface area contributed by atoms with Crippen molar-refractivity contribution in [2.45, 2.75) is 25.7 Å². The van der Waals surface area contributed by atoms with Crippen LogP contribution in [0.4, 0.5) is 4.79 Å². The van der Waals surface area contributed by atoms with Gasteiger partial charge in [-0.1, -0.05) is 23.8 Å². The minimum Gasteiger partial charge on any atom is -0.508 e. The summed E-state index contributed by atoms with van der Waals surface area (Å²) in [7, 11) is 1.10. The lowest BCUT2D eigenvalue weighted by atomic mass is 9.59. The van der Waals surface area contributed by atoms with E-state index < -0.39 is 41.6 Å². The normalized spacial score (nSPS) is 28.3. The fourth-order valence-electron chi connectivity index (χ4n) is 5.72. The van der Waals surface area contributed by atoms with Gasteiger partial charge in [0.1, 0.15) is 5.75 Å². The molecule has 1 aliphatic heterocycles. The van der Waals surface area contributed by atoms with Crippen LogP contribution in [0.5, 0.6) is 5.75 Å². The zero-order valence-corrected chi connectivity index (χ0v) is 19.9. The number of imide groups is 3. The van der Waals surface area contributed by atoms with Gasteiger partial charge < -0.3 is 9.84 Å². The molecule has 1 aromatic rings. The molecule has 0 saturated carbocycles. The van der Waals surface area contributed by atoms with Crippen LogP contribution in [0.25, 0.3) is 0 Å². The third-order valence-electron chi connectivity index (χ3n) is 7.24. The largest absolute Gasteiger partial charge is 0.508 e. The molecule has 174 valence electrons. The number of ether oxygens (including phenoxy) is 1. The molecule has 3 amide bonds. The molecule has 1 saturated heterocycles. The van der Waals surface area contributed by atoms with Gasteiger partial charge in [-0.25, -0.2) is 4.79 Å². The molecule has 1 heterocycles. The Bertz CT molecular complexity index is 1300. The van der Waals surface area contributed by atoms with Crippen molar-refractivity contribution in [3.8, 4) is 5.75 Å². The molecule has 0 spiro atoms. The van der Waals surface area contributed by atoms with Gasteiger partial charge in [0.05, 0.1) is 23.4 Å². The van der Waals surface area contributed by atoms with Crippen molar-refractivity contribution in [3.63, 3.8) is 0 Å². The number of aromatic hydroxyl groups is 1. The summed E-state index contributed by atoms with van der Waals surface area (Å²) < 4.78 is 4.79. The van der Waals surface area contributed by atoms with Gasteiger partial charge in [0.2, 0.25) is 11.8 Å². The van der Waals surface area contributed by atoms with Crippen LogP contribution in [0.3, 0.4) is 0 Å². The Hall–Kier alpha value is -3.33. The highest BCUT2D eigenvalue weighted by Gasteiger charge is 2.58. The Morgan fingerprint density at radius 1 is 1.15 bits per heavy atom. The highest BCUT2D eigenvalue weighted by molar-refractivity contribution is 9.12. The molecule has 34 heavy (non-hydrogen) atoms. The molecule has 9 heteroatoms. The molecule has 0 radical (unpaired) electrons. The van der Waals surface area contributed by atoms with Gasteiger partial charge in [-0.05, 0) is 58.8 Å². The molecule has 1 aromatic carbocycles. The van der Waals surface area contributed by atoms with Gasteiger partial charge in [0, 0.05) is 23.1 Å². The fourth-order valence-corrected chi connectivity index (χ4v) is 6.16. The van der Waals surface area contributed by atoms with Crippen molar-refractivity contribution in [2.24, 2.45) is 17.8 Å². The van der Waals surface area contributed by atoms with Gasteiger partial charge in [0.25, 0.3) is 0 Å². The van der Waals surface area contributed by atoms with Crippen LogP contribution in [0.2, 0.25) is 0 Å². The van der Waals surface area contributed by atoms with Crippen LogP contribution >= 0.6 is 15.9 Å². The maximum absolute atomic E-state index is 13.3. The van der Waals surface area contributed by atoms with Gasteiger partial charge in [0.15, 0.2) is 11.6 Å². The zero-order chi connectivity index (χ0) is 24.5. The van der Waals surface area contributed by atoms with E-state index in [0.717, 1.165) is 12.7 Å². The molecule has 4 atom stereocenters. The number of methoxy groups -OCH3 is 1. The predicted molar refractivity (Wildman–Crippen MR) is 122 cm³/mol. The number of ketones is 2. The number of hydrogen-bond donors (Lipinski definition) is 1. The molecule has 4 aliphatic rings. The first-order valence-electron chi connectivity index (χ1n) is 10.8. The minimum atomic E-state index is -1.03. The molecule has 0 bridgehead atoms. The smallest absolute Gasteiger partial charge is 0.423 e. The lowest BCUT2D eigenvalue weighted by Crippen LogP contribution is -2.40. The fraction of sp³-hybridized carbons (Fsp3) is 0.320. The summed E-state index contributed by atoms with van der Waals surface area (Å²) in [5.41, 5.74) is 2.72. The molecule has 8 nitrogen and oxygen atoms in total. The Balaban J connectivity index is 1.68. The number of allylic oxidation sites excluding steroid dienone is 6. The number of likely N-dealkylation sites (tertiary alicyclic amines) is 1. The van der Waals surface area contributed by atoms with E-state index in [4.69, 9.17) is 0 Å². The lowest BCUT2D eigenvalue weighted by molar-refractivity contribution is -0.137. The number of phenols is 1. The number of aryl methyl sites for hydroxylation is 1. The molecule has 5 rings (SSSR count). The number of halogens is 1. The average Bonchev–Trinajstić information content (AvgIpc) is 3.07. The number of fused-ring (bicyclic) bond motifs is 3. The van der Waals surface area contributed by atoms with E-state index in [1.54, 1.807) is 19.1 Å². The van der Waals surface area contributed by atoms with Gasteiger partial charge in [-0.15, -0.1) is 0 Å². The van der Waals surface area contributed by atoms with Crippen molar-refractivity contribution in [1.82, 2.24) is 4.90 Å². The number of carbonyl (C=O) groups excluding carboxylic acids is 5. The zero-order valence-electron chi connectivity index (χ0n) is 18.3. The summed E-state index contributed by atoms with van der Waals surface area (Å²) in [6.07, 6.45) is 2.43. The Kier molecular flexibility index (Phi) is 5.20. The second-order valence-corrected chi connectivity index (χ2v) is 9.78. The minimum absolute atomic E-state index is 0.0991. The highest BCUT2D eigenvalue weighted by atomic mass is 79.9. The number of hydrogen-bond acceptors (Lipinski definition) is 7. The standard InChI is InChI=1S/C25H20BrNO7/c1-10-7-11(3-6-17(10)28)19-12-4-5-13-20(24(32)27(23(13)31)25(33)34-2)14(12)8-15-21(19)18(29)9-16(26)22(15)30/h3-4,6-7,9,13-14,19-20,28H,5,8H2,1-2H3/t13-,14+,19-,20-/m0/s1.